The van der Waals surface area contributed by atoms with Gasteiger partial charge in [0.05, 0.1) is 23.9 Å². The molecule has 3 heterocycles. The molecule has 0 saturated heterocycles. The lowest BCUT2D eigenvalue weighted by Gasteiger charge is -2.38. The average Bonchev–Trinajstić information content (AvgIpc) is 3.36. The van der Waals surface area contributed by atoms with Gasteiger partial charge in [-0.1, -0.05) is 17.8 Å². The van der Waals surface area contributed by atoms with Crippen LogP contribution in [-0.2, 0) is 9.57 Å². The van der Waals surface area contributed by atoms with Gasteiger partial charge in [0.2, 0.25) is 0 Å². The summed E-state index contributed by atoms with van der Waals surface area (Å²) in [6, 6.07) is 0.372. The Kier molecular flexibility index (Phi) is 5.43. The molecule has 8 heteroatoms. The van der Waals surface area contributed by atoms with Gasteiger partial charge >= 0.3 is 0 Å². The van der Waals surface area contributed by atoms with Gasteiger partial charge < -0.3 is 31.4 Å². The predicted molar refractivity (Wildman–Crippen MR) is 125 cm³/mol. The first-order valence-electron chi connectivity index (χ1n) is 11.8. The van der Waals surface area contributed by atoms with Gasteiger partial charge in [-0.3, -0.25) is 0 Å². The first kappa shape index (κ1) is 21.4. The van der Waals surface area contributed by atoms with E-state index in [-0.39, 0.29) is 41.9 Å². The largest absolute Gasteiger partial charge is 0.392 e. The van der Waals surface area contributed by atoms with Crippen LogP contribution in [0.2, 0.25) is 0 Å². The number of fused-ring (bicyclic) bond motifs is 1. The third-order valence-electron chi connectivity index (χ3n) is 8.06. The Morgan fingerprint density at radius 3 is 2.75 bits per heavy atom. The first-order valence-corrected chi connectivity index (χ1v) is 11.8. The van der Waals surface area contributed by atoms with E-state index in [0.29, 0.717) is 12.0 Å². The van der Waals surface area contributed by atoms with E-state index in [1.54, 1.807) is 13.3 Å². The Hall–Kier alpha value is -2.48. The molecule has 3 aliphatic heterocycles. The molecule has 3 unspecified atom stereocenters. The average molecular weight is 441 g/mol. The third-order valence-corrected chi connectivity index (χ3v) is 8.06. The van der Waals surface area contributed by atoms with Crippen molar-refractivity contribution in [3.05, 3.63) is 35.9 Å². The topological polar surface area (TPSA) is 105 Å². The van der Waals surface area contributed by atoms with E-state index in [2.05, 4.69) is 52.8 Å². The molecule has 0 amide bonds. The van der Waals surface area contributed by atoms with Gasteiger partial charge in [-0.2, -0.15) is 5.10 Å². The zero-order chi connectivity index (χ0) is 22.6. The molecule has 8 nitrogen and oxygen atoms in total. The van der Waals surface area contributed by atoms with Crippen molar-refractivity contribution in [1.29, 1.82) is 0 Å². The lowest BCUT2D eigenvalue weighted by molar-refractivity contribution is 0.00397. The summed E-state index contributed by atoms with van der Waals surface area (Å²) >= 11 is 0. The molecule has 1 fully saturated rings. The van der Waals surface area contributed by atoms with Crippen LogP contribution in [0.5, 0.6) is 0 Å². The zero-order valence-electron chi connectivity index (χ0n) is 19.5. The molecule has 8 atom stereocenters. The van der Waals surface area contributed by atoms with Crippen LogP contribution in [0.1, 0.15) is 40.0 Å². The molecular weight excluding hydrogens is 404 g/mol. The van der Waals surface area contributed by atoms with E-state index in [1.807, 2.05) is 6.92 Å². The van der Waals surface area contributed by atoms with Crippen LogP contribution in [-0.4, -0.2) is 42.8 Å². The standard InChI is InChI=1S/C24H36N6O2/c1-6-26-23(20-11(2)28-29-22(20)14-7-8-14)21-15-10-18(31-5)16(9-17(15)27-24(21)25)19-12(3)30-32-13(19)4/h6,9,13-16,18-20,22-23,26-27,29H,1,7-8,10,25H2,2-5H3/t13-,15+,16?,18-,19?,20?,22-,23+/m0/s1. The Bertz CT molecular complexity index is 904. The van der Waals surface area contributed by atoms with Crippen LogP contribution in [0.15, 0.2) is 46.2 Å². The fourth-order valence-corrected chi connectivity index (χ4v) is 6.39. The second-order valence-corrected chi connectivity index (χ2v) is 9.94. The molecule has 0 aromatic rings. The highest BCUT2D eigenvalue weighted by atomic mass is 16.6. The molecule has 0 aromatic heterocycles. The summed E-state index contributed by atoms with van der Waals surface area (Å²) in [5.74, 6) is 2.23. The summed E-state index contributed by atoms with van der Waals surface area (Å²) in [5, 5.41) is 15.9. The number of hydrazone groups is 1. The number of hydrogen-bond acceptors (Lipinski definition) is 8. The van der Waals surface area contributed by atoms with E-state index in [1.165, 1.54) is 24.1 Å². The van der Waals surface area contributed by atoms with Gasteiger partial charge in [-0.15, -0.1) is 0 Å². The number of nitrogens with one attached hydrogen (secondary N) is 3. The summed E-state index contributed by atoms with van der Waals surface area (Å²) < 4.78 is 6.04. The molecule has 5 N–H and O–H groups in total. The van der Waals surface area contributed by atoms with E-state index < -0.39 is 0 Å². The Balaban J connectivity index is 1.47. The summed E-state index contributed by atoms with van der Waals surface area (Å²) in [5.41, 5.74) is 14.6. The number of methoxy groups -OCH3 is 1. The lowest BCUT2D eigenvalue weighted by Crippen LogP contribution is -2.48. The Morgan fingerprint density at radius 1 is 1.34 bits per heavy atom. The lowest BCUT2D eigenvalue weighted by atomic mass is 9.70. The molecule has 0 bridgehead atoms. The molecule has 174 valence electrons. The summed E-state index contributed by atoms with van der Waals surface area (Å²) in [6.45, 7) is 10.2. The molecule has 5 aliphatic rings. The number of rotatable bonds is 7. The predicted octanol–water partition coefficient (Wildman–Crippen LogP) is 2.18. The van der Waals surface area contributed by atoms with Crippen molar-refractivity contribution in [3.63, 3.8) is 0 Å². The second-order valence-electron chi connectivity index (χ2n) is 9.94. The van der Waals surface area contributed by atoms with Crippen molar-refractivity contribution < 1.29 is 9.57 Å². The van der Waals surface area contributed by atoms with E-state index >= 15 is 0 Å². The number of allylic oxidation sites excluding steroid dienone is 1. The molecule has 32 heavy (non-hydrogen) atoms. The smallest absolute Gasteiger partial charge is 0.133 e. The van der Waals surface area contributed by atoms with E-state index in [9.17, 15) is 0 Å². The molecule has 0 aromatic carbocycles. The van der Waals surface area contributed by atoms with Crippen molar-refractivity contribution in [2.24, 2.45) is 45.6 Å². The van der Waals surface area contributed by atoms with Crippen LogP contribution < -0.4 is 21.8 Å². The van der Waals surface area contributed by atoms with Gasteiger partial charge in [0.25, 0.3) is 0 Å². The van der Waals surface area contributed by atoms with Gasteiger partial charge in [0, 0.05) is 47.8 Å². The van der Waals surface area contributed by atoms with Gasteiger partial charge in [-0.25, -0.2) is 0 Å². The fraction of sp³-hybridized carbons (Fsp3) is 0.667. The van der Waals surface area contributed by atoms with Gasteiger partial charge in [0.15, 0.2) is 0 Å². The minimum atomic E-state index is 0.0337. The van der Waals surface area contributed by atoms with Crippen molar-refractivity contribution in [1.82, 2.24) is 16.1 Å². The number of ether oxygens (including phenoxy) is 1. The SMILES string of the molecule is C=CN[C@@H](C1=C(N)NC2=CC(C3C(C)=NO[C@H]3C)[C@@H](OC)C[C@H]21)C1C(C)=NN[C@H]1C1CC1. The highest BCUT2D eigenvalue weighted by molar-refractivity contribution is 5.88. The number of hydrogen-bond donors (Lipinski definition) is 4. The van der Waals surface area contributed by atoms with E-state index in [4.69, 9.17) is 15.3 Å². The number of nitrogens with zero attached hydrogens (tertiary/aromatic N) is 2. The van der Waals surface area contributed by atoms with Crippen molar-refractivity contribution >= 4 is 11.4 Å². The van der Waals surface area contributed by atoms with Crippen molar-refractivity contribution in [2.75, 3.05) is 7.11 Å². The summed E-state index contributed by atoms with van der Waals surface area (Å²) in [7, 11) is 1.80. The summed E-state index contributed by atoms with van der Waals surface area (Å²) in [4.78, 5) is 5.57. The van der Waals surface area contributed by atoms with Crippen LogP contribution in [0, 0.1) is 29.6 Å². The fourth-order valence-electron chi connectivity index (χ4n) is 6.39. The van der Waals surface area contributed by atoms with E-state index in [0.717, 1.165) is 23.7 Å². The number of oxime groups is 1. The first-order chi connectivity index (χ1) is 15.4. The summed E-state index contributed by atoms with van der Waals surface area (Å²) in [6.07, 6.45) is 7.59. The minimum Gasteiger partial charge on any atom is -0.392 e. The maximum absolute atomic E-state index is 6.66. The maximum atomic E-state index is 6.66. The van der Waals surface area contributed by atoms with Gasteiger partial charge in [0.1, 0.15) is 11.9 Å². The monoisotopic (exact) mass is 440 g/mol. The normalized spacial score (nSPS) is 39.2. The van der Waals surface area contributed by atoms with Crippen LogP contribution in [0.25, 0.3) is 0 Å². The second kappa shape index (κ2) is 8.14. The highest BCUT2D eigenvalue weighted by Gasteiger charge is 2.50. The number of nitrogens with two attached hydrogens (primary N) is 1. The maximum Gasteiger partial charge on any atom is 0.133 e. The van der Waals surface area contributed by atoms with Crippen LogP contribution >= 0.6 is 0 Å². The quantitative estimate of drug-likeness (QED) is 0.484. The molecule has 0 radical (unpaired) electrons. The molecule has 1 saturated carbocycles. The Labute approximate surface area is 190 Å². The molecule has 2 aliphatic carbocycles. The highest BCUT2D eigenvalue weighted by Crippen LogP contribution is 2.47. The molecule has 5 rings (SSSR count). The zero-order valence-corrected chi connectivity index (χ0v) is 19.5. The van der Waals surface area contributed by atoms with Gasteiger partial charge in [-0.05, 0) is 52.2 Å². The van der Waals surface area contributed by atoms with Crippen molar-refractivity contribution in [2.45, 2.75) is 64.3 Å². The molecule has 0 spiro atoms. The molecular formula is C24H36N6O2. The van der Waals surface area contributed by atoms with Crippen LogP contribution in [0.4, 0.5) is 0 Å². The van der Waals surface area contributed by atoms with Crippen molar-refractivity contribution in [3.8, 4) is 0 Å². The van der Waals surface area contributed by atoms with Crippen LogP contribution in [0.3, 0.4) is 0 Å². The third kappa shape index (κ3) is 3.39. The minimum absolute atomic E-state index is 0.0337. The Morgan fingerprint density at radius 2 is 2.12 bits per heavy atom.